The summed E-state index contributed by atoms with van der Waals surface area (Å²) in [6.07, 6.45) is 1.59. The van der Waals surface area contributed by atoms with Gasteiger partial charge in [0, 0.05) is 0 Å². The Labute approximate surface area is 180 Å². The van der Waals surface area contributed by atoms with Crippen molar-refractivity contribution in [2.45, 2.75) is 33.9 Å². The standard InChI is InChI=1S/C24H24N4O3/c1-16-5-4-6-19(11-16)13-28-15-25-24(27-28)26-23(29)21-10-9-20(31-21)14-30-22-12-17(2)7-8-18(22)3/h4-12,15H,13-14H2,1-3H3,(H,26,27,29). The van der Waals surface area contributed by atoms with E-state index in [4.69, 9.17) is 9.15 Å². The number of aromatic nitrogens is 3. The van der Waals surface area contributed by atoms with Crippen molar-refractivity contribution in [3.63, 3.8) is 0 Å². The second kappa shape index (κ2) is 8.87. The second-order valence-corrected chi connectivity index (χ2v) is 7.53. The van der Waals surface area contributed by atoms with Crippen molar-refractivity contribution in [2.24, 2.45) is 0 Å². The molecule has 4 aromatic rings. The van der Waals surface area contributed by atoms with Gasteiger partial charge in [0.1, 0.15) is 24.4 Å². The maximum atomic E-state index is 12.5. The molecule has 0 unspecified atom stereocenters. The fourth-order valence-corrected chi connectivity index (χ4v) is 3.18. The summed E-state index contributed by atoms with van der Waals surface area (Å²) in [5.74, 6) is 1.35. The third-order valence-electron chi connectivity index (χ3n) is 4.79. The summed E-state index contributed by atoms with van der Waals surface area (Å²) < 4.78 is 13.1. The van der Waals surface area contributed by atoms with E-state index >= 15 is 0 Å². The number of nitrogens with zero attached hydrogens (tertiary/aromatic N) is 3. The van der Waals surface area contributed by atoms with Gasteiger partial charge >= 0.3 is 0 Å². The Bertz CT molecular complexity index is 1210. The molecule has 2 heterocycles. The largest absolute Gasteiger partial charge is 0.485 e. The van der Waals surface area contributed by atoms with Crippen LogP contribution >= 0.6 is 0 Å². The molecule has 31 heavy (non-hydrogen) atoms. The topological polar surface area (TPSA) is 82.2 Å². The Kier molecular flexibility index (Phi) is 5.84. The highest BCUT2D eigenvalue weighted by atomic mass is 16.5. The molecule has 0 fully saturated rings. The first-order valence-corrected chi connectivity index (χ1v) is 10.0. The van der Waals surface area contributed by atoms with E-state index < -0.39 is 5.91 Å². The lowest BCUT2D eigenvalue weighted by Gasteiger charge is -2.08. The van der Waals surface area contributed by atoms with Crippen LogP contribution in [0, 0.1) is 20.8 Å². The van der Waals surface area contributed by atoms with Gasteiger partial charge in [-0.1, -0.05) is 42.0 Å². The van der Waals surface area contributed by atoms with Crippen LogP contribution in [0.4, 0.5) is 5.95 Å². The average Bonchev–Trinajstić information content (AvgIpc) is 3.38. The molecule has 1 amide bonds. The molecule has 0 aliphatic heterocycles. The molecule has 0 atom stereocenters. The van der Waals surface area contributed by atoms with Crippen LogP contribution in [-0.4, -0.2) is 20.7 Å². The van der Waals surface area contributed by atoms with Crippen LogP contribution in [0.1, 0.15) is 38.6 Å². The first-order chi connectivity index (χ1) is 15.0. The number of hydrogen-bond donors (Lipinski definition) is 1. The lowest BCUT2D eigenvalue weighted by Crippen LogP contribution is -2.12. The van der Waals surface area contributed by atoms with Gasteiger partial charge < -0.3 is 9.15 Å². The van der Waals surface area contributed by atoms with E-state index in [1.807, 2.05) is 57.2 Å². The lowest BCUT2D eigenvalue weighted by molar-refractivity contribution is 0.0991. The zero-order valence-electron chi connectivity index (χ0n) is 17.8. The molecule has 0 aliphatic rings. The number of hydrogen-bond acceptors (Lipinski definition) is 5. The molecule has 7 nitrogen and oxygen atoms in total. The molecule has 2 aromatic heterocycles. The third kappa shape index (κ3) is 5.19. The Morgan fingerprint density at radius 3 is 2.74 bits per heavy atom. The summed E-state index contributed by atoms with van der Waals surface area (Å²) in [6, 6.07) is 17.5. The summed E-state index contributed by atoms with van der Waals surface area (Å²) in [7, 11) is 0. The van der Waals surface area contributed by atoms with Gasteiger partial charge in [-0.15, -0.1) is 5.10 Å². The van der Waals surface area contributed by atoms with Gasteiger partial charge in [-0.05, 0) is 55.7 Å². The predicted molar refractivity (Wildman–Crippen MR) is 117 cm³/mol. The first kappa shape index (κ1) is 20.4. The second-order valence-electron chi connectivity index (χ2n) is 7.53. The molecule has 0 spiro atoms. The van der Waals surface area contributed by atoms with Gasteiger partial charge in [-0.25, -0.2) is 9.67 Å². The minimum absolute atomic E-state index is 0.176. The number of amides is 1. The highest BCUT2D eigenvalue weighted by Crippen LogP contribution is 2.21. The SMILES string of the molecule is Cc1cccc(Cn2cnc(NC(=O)c3ccc(COc4cc(C)ccc4C)o3)n2)c1. The molecule has 0 radical (unpaired) electrons. The Morgan fingerprint density at radius 2 is 1.90 bits per heavy atom. The van der Waals surface area contributed by atoms with E-state index in [1.165, 1.54) is 5.56 Å². The highest BCUT2D eigenvalue weighted by Gasteiger charge is 2.14. The zero-order chi connectivity index (χ0) is 21.8. The van der Waals surface area contributed by atoms with Crippen molar-refractivity contribution in [1.29, 1.82) is 0 Å². The van der Waals surface area contributed by atoms with Gasteiger partial charge in [0.05, 0.1) is 6.54 Å². The van der Waals surface area contributed by atoms with Crippen molar-refractivity contribution in [1.82, 2.24) is 14.8 Å². The number of nitrogens with one attached hydrogen (secondary N) is 1. The molecule has 158 valence electrons. The van der Waals surface area contributed by atoms with E-state index in [-0.39, 0.29) is 18.3 Å². The van der Waals surface area contributed by atoms with E-state index in [0.717, 1.165) is 22.4 Å². The molecular weight excluding hydrogens is 392 g/mol. The lowest BCUT2D eigenvalue weighted by atomic mass is 10.1. The maximum absolute atomic E-state index is 12.5. The number of rotatable bonds is 7. The van der Waals surface area contributed by atoms with Crippen molar-refractivity contribution in [3.05, 3.63) is 94.7 Å². The monoisotopic (exact) mass is 416 g/mol. The van der Waals surface area contributed by atoms with E-state index in [9.17, 15) is 4.79 Å². The average molecular weight is 416 g/mol. The summed E-state index contributed by atoms with van der Waals surface area (Å²) in [5, 5.41) is 6.97. The van der Waals surface area contributed by atoms with Crippen LogP contribution in [0.3, 0.4) is 0 Å². The Balaban J connectivity index is 1.35. The van der Waals surface area contributed by atoms with E-state index in [0.29, 0.717) is 12.3 Å². The Hall–Kier alpha value is -3.87. The van der Waals surface area contributed by atoms with Crippen molar-refractivity contribution < 1.29 is 13.9 Å². The number of anilines is 1. The van der Waals surface area contributed by atoms with Crippen LogP contribution < -0.4 is 10.1 Å². The van der Waals surface area contributed by atoms with E-state index in [1.54, 1.807) is 23.1 Å². The van der Waals surface area contributed by atoms with Crippen molar-refractivity contribution in [2.75, 3.05) is 5.32 Å². The minimum Gasteiger partial charge on any atom is -0.485 e. The smallest absolute Gasteiger partial charge is 0.293 e. The molecule has 0 saturated heterocycles. The number of carbonyl (C=O) groups excluding carboxylic acids is 1. The quantitative estimate of drug-likeness (QED) is 0.473. The fourth-order valence-electron chi connectivity index (χ4n) is 3.18. The summed E-state index contributed by atoms with van der Waals surface area (Å²) in [4.78, 5) is 16.6. The third-order valence-corrected chi connectivity index (χ3v) is 4.79. The van der Waals surface area contributed by atoms with Crippen LogP contribution in [0.15, 0.2) is 65.3 Å². The van der Waals surface area contributed by atoms with Crippen LogP contribution in [0.25, 0.3) is 0 Å². The van der Waals surface area contributed by atoms with Crippen LogP contribution in [0.5, 0.6) is 5.75 Å². The minimum atomic E-state index is -0.411. The molecule has 7 heteroatoms. The first-order valence-electron chi connectivity index (χ1n) is 10.0. The highest BCUT2D eigenvalue weighted by molar-refractivity contribution is 6.01. The number of furan rings is 1. The molecule has 0 aliphatic carbocycles. The van der Waals surface area contributed by atoms with Crippen molar-refractivity contribution >= 4 is 11.9 Å². The maximum Gasteiger partial charge on any atom is 0.293 e. The molecule has 1 N–H and O–H groups in total. The molecular formula is C24H24N4O3. The summed E-state index contributed by atoms with van der Waals surface area (Å²) in [6.45, 7) is 6.85. The van der Waals surface area contributed by atoms with Gasteiger partial charge in [0.15, 0.2) is 5.76 Å². The number of benzene rings is 2. The molecule has 0 bridgehead atoms. The van der Waals surface area contributed by atoms with Gasteiger partial charge in [-0.3, -0.25) is 10.1 Å². The van der Waals surface area contributed by atoms with Crippen LogP contribution in [0.2, 0.25) is 0 Å². The zero-order valence-corrected chi connectivity index (χ0v) is 17.8. The predicted octanol–water partition coefficient (Wildman–Crippen LogP) is 4.68. The van der Waals surface area contributed by atoms with Gasteiger partial charge in [0.25, 0.3) is 5.91 Å². The summed E-state index contributed by atoms with van der Waals surface area (Å²) in [5.41, 5.74) is 4.46. The Morgan fingerprint density at radius 1 is 1.06 bits per heavy atom. The van der Waals surface area contributed by atoms with Gasteiger partial charge in [-0.2, -0.15) is 0 Å². The van der Waals surface area contributed by atoms with Gasteiger partial charge in [0.2, 0.25) is 5.95 Å². The normalized spacial score (nSPS) is 10.8. The number of ether oxygens (including phenoxy) is 1. The van der Waals surface area contributed by atoms with Crippen LogP contribution in [-0.2, 0) is 13.2 Å². The number of aryl methyl sites for hydroxylation is 3. The summed E-state index contributed by atoms with van der Waals surface area (Å²) >= 11 is 0. The molecule has 0 saturated carbocycles. The molecule has 4 rings (SSSR count). The molecule has 2 aromatic carbocycles. The van der Waals surface area contributed by atoms with Crippen molar-refractivity contribution in [3.8, 4) is 5.75 Å². The number of carbonyl (C=O) groups is 1. The van der Waals surface area contributed by atoms with E-state index in [2.05, 4.69) is 21.5 Å². The fraction of sp³-hybridized carbons (Fsp3) is 0.208.